The van der Waals surface area contributed by atoms with Crippen LogP contribution in [0.2, 0.25) is 0 Å². The second-order valence-electron chi connectivity index (χ2n) is 9.62. The number of aliphatic imine (C=N–C) groups is 1. The number of nitrogens with one attached hydrogen (secondary N) is 2. The van der Waals surface area contributed by atoms with Crippen molar-refractivity contribution < 1.29 is 54.1 Å². The number of amides is 1. The van der Waals surface area contributed by atoms with E-state index in [0.29, 0.717) is 37.4 Å². The number of sulfonamides is 1. The van der Waals surface area contributed by atoms with E-state index >= 15 is 0 Å². The number of benzene rings is 1. The first-order valence-corrected chi connectivity index (χ1v) is 13.4. The van der Waals surface area contributed by atoms with Crippen molar-refractivity contribution >= 4 is 33.5 Å². The molecule has 0 saturated carbocycles. The molecule has 1 aromatic rings. The summed E-state index contributed by atoms with van der Waals surface area (Å²) in [5, 5.41) is 12.9. The number of hydrogen-bond donors (Lipinski definition) is 5. The molecule has 36 heavy (non-hydrogen) atoms. The number of hydrogen-bond acceptors (Lipinski definition) is 6. The SMILES string of the molecule is CC1CNc2c(cccc2S(=O)(=O)NC(CCCN=C(N)N)C(=O)N2CC[C@@H](C)C[C@@H]2C(=O)O)C1.[H-].[Na+]. The largest absolute Gasteiger partial charge is 1.00 e. The number of aliphatic carboxylic acids is 1. The van der Waals surface area contributed by atoms with Gasteiger partial charge in [-0.1, -0.05) is 26.0 Å². The van der Waals surface area contributed by atoms with Gasteiger partial charge in [-0.2, -0.15) is 4.72 Å². The van der Waals surface area contributed by atoms with Crippen LogP contribution in [0.5, 0.6) is 0 Å². The number of carbonyl (C=O) groups excluding carboxylic acids is 1. The molecule has 1 saturated heterocycles. The molecule has 0 aromatic heterocycles. The molecule has 2 unspecified atom stereocenters. The summed E-state index contributed by atoms with van der Waals surface area (Å²) in [6, 6.07) is 2.94. The minimum Gasteiger partial charge on any atom is -1.00 e. The van der Waals surface area contributed by atoms with Gasteiger partial charge in [0.2, 0.25) is 15.9 Å². The van der Waals surface area contributed by atoms with Gasteiger partial charge in [-0.05, 0) is 55.6 Å². The first-order valence-electron chi connectivity index (χ1n) is 12.0. The Bertz CT molecular complexity index is 1090. The van der Waals surface area contributed by atoms with Crippen LogP contribution in [0.15, 0.2) is 28.1 Å². The molecule has 7 N–H and O–H groups in total. The van der Waals surface area contributed by atoms with Gasteiger partial charge in [0.1, 0.15) is 17.0 Å². The molecule has 4 atom stereocenters. The van der Waals surface area contributed by atoms with Crippen LogP contribution >= 0.6 is 0 Å². The van der Waals surface area contributed by atoms with Crippen molar-refractivity contribution in [2.45, 2.75) is 62.9 Å². The zero-order valence-electron chi connectivity index (χ0n) is 22.2. The molecule has 13 heteroatoms. The summed E-state index contributed by atoms with van der Waals surface area (Å²) in [6.07, 6.45) is 2.17. The second-order valence-corrected chi connectivity index (χ2v) is 11.3. The fraction of sp³-hybridized carbons (Fsp3) is 0.609. The average Bonchev–Trinajstić information content (AvgIpc) is 2.79. The van der Waals surface area contributed by atoms with Crippen molar-refractivity contribution in [1.29, 1.82) is 0 Å². The quantitative estimate of drug-likeness (QED) is 0.103. The summed E-state index contributed by atoms with van der Waals surface area (Å²) >= 11 is 0. The average molecular weight is 533 g/mol. The minimum absolute atomic E-state index is 0. The molecule has 0 bridgehead atoms. The molecule has 11 nitrogen and oxygen atoms in total. The van der Waals surface area contributed by atoms with Gasteiger partial charge in [0.25, 0.3) is 0 Å². The number of carbonyl (C=O) groups is 2. The van der Waals surface area contributed by atoms with Gasteiger partial charge in [0, 0.05) is 19.6 Å². The number of guanidine groups is 1. The van der Waals surface area contributed by atoms with Crippen LogP contribution in [0.4, 0.5) is 5.69 Å². The number of rotatable bonds is 9. The van der Waals surface area contributed by atoms with Gasteiger partial charge in [0.05, 0.1) is 5.69 Å². The Labute approximate surface area is 236 Å². The van der Waals surface area contributed by atoms with E-state index < -0.39 is 34.0 Å². The fourth-order valence-corrected chi connectivity index (χ4v) is 6.17. The molecule has 0 spiro atoms. The van der Waals surface area contributed by atoms with E-state index in [0.717, 1.165) is 12.0 Å². The Morgan fingerprint density at radius 3 is 2.69 bits per heavy atom. The zero-order valence-corrected chi connectivity index (χ0v) is 24.1. The van der Waals surface area contributed by atoms with Crippen molar-refractivity contribution in [2.75, 3.05) is 25.0 Å². The molecular weight excluding hydrogens is 495 g/mol. The predicted octanol–water partition coefficient (Wildman–Crippen LogP) is -2.18. The van der Waals surface area contributed by atoms with Crippen molar-refractivity contribution in [3.05, 3.63) is 23.8 Å². The Morgan fingerprint density at radius 1 is 1.31 bits per heavy atom. The third-order valence-corrected chi connectivity index (χ3v) is 8.09. The number of nitrogens with two attached hydrogens (primary N) is 2. The first kappa shape index (κ1) is 30.4. The van der Waals surface area contributed by atoms with Gasteiger partial charge in [-0.15, -0.1) is 0 Å². The van der Waals surface area contributed by atoms with Crippen molar-refractivity contribution in [2.24, 2.45) is 28.3 Å². The number of carboxylic acid groups (broad SMARTS) is 1. The molecule has 0 radical (unpaired) electrons. The normalized spacial score (nSPS) is 22.4. The number of carboxylic acids is 1. The summed E-state index contributed by atoms with van der Waals surface area (Å²) in [5.41, 5.74) is 12.2. The monoisotopic (exact) mass is 532 g/mol. The van der Waals surface area contributed by atoms with Crippen molar-refractivity contribution in [3.63, 3.8) is 0 Å². The summed E-state index contributed by atoms with van der Waals surface area (Å²) in [6.45, 7) is 5.14. The smallest absolute Gasteiger partial charge is 1.00 e. The molecule has 3 rings (SSSR count). The van der Waals surface area contributed by atoms with Crippen LogP contribution < -0.4 is 51.1 Å². The summed E-state index contributed by atoms with van der Waals surface area (Å²) in [4.78, 5) is 30.7. The van der Waals surface area contributed by atoms with E-state index in [-0.39, 0.29) is 67.3 Å². The third kappa shape index (κ3) is 7.58. The molecule has 2 aliphatic rings. The van der Waals surface area contributed by atoms with E-state index in [1.807, 2.05) is 13.0 Å². The summed E-state index contributed by atoms with van der Waals surface area (Å²) < 4.78 is 29.5. The molecule has 1 amide bonds. The number of likely N-dealkylation sites (tertiary alicyclic amines) is 1. The zero-order chi connectivity index (χ0) is 25.8. The van der Waals surface area contributed by atoms with E-state index in [1.165, 1.54) is 11.0 Å². The van der Waals surface area contributed by atoms with E-state index in [2.05, 4.69) is 22.0 Å². The number of para-hydroxylation sites is 1. The van der Waals surface area contributed by atoms with Crippen LogP contribution in [0.1, 0.15) is 46.5 Å². The first-order chi connectivity index (χ1) is 16.5. The summed E-state index contributed by atoms with van der Waals surface area (Å²) in [7, 11) is -4.10. The molecular formula is C23H37N6NaO5S. The van der Waals surface area contributed by atoms with Crippen LogP contribution in [0.25, 0.3) is 0 Å². The van der Waals surface area contributed by atoms with Gasteiger partial charge >= 0.3 is 35.5 Å². The van der Waals surface area contributed by atoms with Gasteiger partial charge < -0.3 is 28.2 Å². The number of fused-ring (bicyclic) bond motifs is 1. The summed E-state index contributed by atoms with van der Waals surface area (Å²) in [5.74, 6) is -1.22. The minimum atomic E-state index is -4.10. The molecule has 2 aliphatic heterocycles. The Morgan fingerprint density at radius 2 is 2.03 bits per heavy atom. The topological polar surface area (TPSA) is 180 Å². The molecule has 196 valence electrons. The maximum atomic E-state index is 13.5. The molecule has 1 fully saturated rings. The third-order valence-electron chi connectivity index (χ3n) is 6.57. The predicted molar refractivity (Wildman–Crippen MR) is 134 cm³/mol. The van der Waals surface area contributed by atoms with E-state index in [9.17, 15) is 23.1 Å². The maximum Gasteiger partial charge on any atom is 1.00 e. The van der Waals surface area contributed by atoms with Gasteiger partial charge in [0.15, 0.2) is 5.96 Å². The standard InChI is InChI=1S/C23H36N6O5S.Na.H/c1-14-8-10-29(18(12-14)22(31)32)21(30)17(6-4-9-26-23(24)25)28-35(33,34)19-7-3-5-16-11-15(2)13-27-20(16)19;;/h3,5,7,14-15,17-18,27-28H,4,6,8-13H2,1-2H3,(H,31,32)(H4,24,25,26);;/q;+1;-1/t14-,15?,17?,18-;;/m1../s1. The number of piperidine rings is 1. The van der Waals surface area contributed by atoms with Crippen LogP contribution in [0, 0.1) is 11.8 Å². The van der Waals surface area contributed by atoms with Crippen molar-refractivity contribution in [1.82, 2.24) is 9.62 Å². The number of anilines is 1. The van der Waals surface area contributed by atoms with Crippen molar-refractivity contribution in [3.8, 4) is 0 Å². The van der Waals surface area contributed by atoms with Crippen LogP contribution in [-0.2, 0) is 26.0 Å². The Hall–Kier alpha value is -1.86. The molecule has 2 heterocycles. The Kier molecular flexibility index (Phi) is 11.0. The van der Waals surface area contributed by atoms with E-state index in [4.69, 9.17) is 11.5 Å². The number of nitrogens with zero attached hydrogens (tertiary/aromatic N) is 2. The van der Waals surface area contributed by atoms with Gasteiger partial charge in [-0.25, -0.2) is 13.2 Å². The van der Waals surface area contributed by atoms with E-state index in [1.54, 1.807) is 6.07 Å². The fourth-order valence-electron chi connectivity index (χ4n) is 4.72. The van der Waals surface area contributed by atoms with Crippen LogP contribution in [-0.4, -0.2) is 68.0 Å². The molecule has 1 aromatic carbocycles. The van der Waals surface area contributed by atoms with Crippen LogP contribution in [0.3, 0.4) is 0 Å². The maximum absolute atomic E-state index is 13.5. The van der Waals surface area contributed by atoms with Gasteiger partial charge in [-0.3, -0.25) is 9.79 Å². The molecule has 0 aliphatic carbocycles. The second kappa shape index (κ2) is 13.1. The Balaban J connectivity index is 0.00000342.